The maximum Gasteiger partial charge on any atom is 0.321 e. The molecule has 0 radical (unpaired) electrons. The van der Waals surface area contributed by atoms with Gasteiger partial charge in [0.2, 0.25) is 10.0 Å². The normalized spacial score (nSPS) is 13.1. The van der Waals surface area contributed by atoms with Crippen LogP contribution in [0.25, 0.3) is 0 Å². The van der Waals surface area contributed by atoms with Crippen LogP contribution in [0.1, 0.15) is 87.1 Å². The number of carbonyl (C=O) groups excluding carboxylic acids is 2. The van der Waals surface area contributed by atoms with Crippen LogP contribution in [0, 0.1) is 0 Å². The van der Waals surface area contributed by atoms with Gasteiger partial charge in [0.1, 0.15) is 5.75 Å². The zero-order chi connectivity index (χ0) is 28.4. The number of anilines is 3. The Morgan fingerprint density at radius 2 is 1.64 bits per heavy atom. The van der Waals surface area contributed by atoms with Crippen molar-refractivity contribution in [1.82, 2.24) is 4.90 Å². The van der Waals surface area contributed by atoms with Crippen LogP contribution in [0.2, 0.25) is 5.02 Å². The Morgan fingerprint density at radius 3 is 2.31 bits per heavy atom. The van der Waals surface area contributed by atoms with Gasteiger partial charge in [0.25, 0.3) is 5.91 Å². The molecule has 11 heteroatoms. The number of phenols is 1. The fourth-order valence-corrected chi connectivity index (χ4v) is 6.02. The molecule has 0 saturated heterocycles. The van der Waals surface area contributed by atoms with E-state index in [4.69, 9.17) is 11.6 Å². The van der Waals surface area contributed by atoms with Crippen molar-refractivity contribution in [3.05, 3.63) is 46.5 Å². The lowest BCUT2D eigenvalue weighted by molar-refractivity contribution is 0.102. The maximum atomic E-state index is 13.1. The number of para-hydroxylation sites is 1. The van der Waals surface area contributed by atoms with Crippen LogP contribution in [0.15, 0.2) is 30.3 Å². The third-order valence-electron chi connectivity index (χ3n) is 6.78. The smallest absolute Gasteiger partial charge is 0.321 e. The summed E-state index contributed by atoms with van der Waals surface area (Å²) in [6.07, 6.45) is 11.0. The molecule has 1 aliphatic rings. The van der Waals surface area contributed by atoms with Crippen LogP contribution in [0.5, 0.6) is 5.75 Å². The molecule has 39 heavy (non-hydrogen) atoms. The molecule has 0 spiro atoms. The van der Waals surface area contributed by atoms with E-state index in [2.05, 4.69) is 22.3 Å². The summed E-state index contributed by atoms with van der Waals surface area (Å²) in [5.41, 5.74) is 0.956. The number of carbonyl (C=O) groups is 2. The van der Waals surface area contributed by atoms with E-state index in [1.165, 1.54) is 61.6 Å². The molecular weight excluding hydrogens is 540 g/mol. The minimum atomic E-state index is -3.66. The zero-order valence-electron chi connectivity index (χ0n) is 22.7. The van der Waals surface area contributed by atoms with E-state index in [0.29, 0.717) is 12.0 Å². The van der Waals surface area contributed by atoms with Crippen LogP contribution in [0.4, 0.5) is 21.9 Å². The molecule has 0 bridgehead atoms. The summed E-state index contributed by atoms with van der Waals surface area (Å²) in [5, 5.41) is 16.2. The third kappa shape index (κ3) is 8.76. The molecule has 3 rings (SSSR count). The molecule has 2 aromatic rings. The number of unbranched alkanes of at least 4 members (excludes halogenated alkanes) is 9. The quantitative estimate of drug-likeness (QED) is 0.134. The maximum absolute atomic E-state index is 13.1. The van der Waals surface area contributed by atoms with Gasteiger partial charge in [-0.15, -0.1) is 0 Å². The molecule has 0 unspecified atom stereocenters. The third-order valence-corrected chi connectivity index (χ3v) is 8.43. The number of sulfonamides is 1. The van der Waals surface area contributed by atoms with Crippen LogP contribution in [0.3, 0.4) is 0 Å². The van der Waals surface area contributed by atoms with Gasteiger partial charge in [-0.2, -0.15) is 0 Å². The summed E-state index contributed by atoms with van der Waals surface area (Å²) in [7, 11) is -2.09. The first-order valence-electron chi connectivity index (χ1n) is 13.6. The first-order valence-corrected chi connectivity index (χ1v) is 15.6. The number of phenolic OH excluding ortho intramolecular Hbond substituents is 1. The highest BCUT2D eigenvalue weighted by Gasteiger charge is 2.27. The molecule has 0 aromatic heterocycles. The fourth-order valence-electron chi connectivity index (χ4n) is 4.55. The number of hydrogen-bond acceptors (Lipinski definition) is 5. The van der Waals surface area contributed by atoms with Gasteiger partial charge in [0, 0.05) is 12.6 Å². The SMILES string of the molecule is CCCCCCCCCCCCS(=O)(=O)Nc1ccccc1C(=O)Nc1cc(Cl)c2c(c1O)CN(C)C(=O)N2. The summed E-state index contributed by atoms with van der Waals surface area (Å²) < 4.78 is 28.0. The van der Waals surface area contributed by atoms with Crippen molar-refractivity contribution >= 4 is 50.6 Å². The number of hydrogen-bond donors (Lipinski definition) is 4. The summed E-state index contributed by atoms with van der Waals surface area (Å²) in [4.78, 5) is 26.4. The molecule has 3 amide bonds. The highest BCUT2D eigenvalue weighted by Crippen LogP contribution is 2.42. The van der Waals surface area contributed by atoms with Crippen molar-refractivity contribution in [1.29, 1.82) is 0 Å². The summed E-state index contributed by atoms with van der Waals surface area (Å²) in [6, 6.07) is 7.27. The van der Waals surface area contributed by atoms with E-state index >= 15 is 0 Å². The van der Waals surface area contributed by atoms with Crippen LogP contribution < -0.4 is 15.4 Å². The van der Waals surface area contributed by atoms with Crippen molar-refractivity contribution < 1.29 is 23.1 Å². The monoisotopic (exact) mass is 578 g/mol. The molecule has 214 valence electrons. The molecule has 0 fully saturated rings. The summed E-state index contributed by atoms with van der Waals surface area (Å²) in [6.45, 7) is 2.31. The Morgan fingerprint density at radius 1 is 1.03 bits per heavy atom. The lowest BCUT2D eigenvalue weighted by atomic mass is 10.1. The number of nitrogens with one attached hydrogen (secondary N) is 3. The Balaban J connectivity index is 1.58. The standard InChI is InChI=1S/C28H39ClN4O5S/c1-3-4-5-6-7-8-9-10-11-14-17-39(37,38)32-23-16-13-12-15-20(23)27(35)30-24-18-22(29)25-21(26(24)34)19-33(2)28(36)31-25/h12-13,15-16,18,32,34H,3-11,14,17,19H2,1-2H3,(H,30,35)(H,31,36). The number of rotatable bonds is 15. The Labute approximate surface area is 236 Å². The second kappa shape index (κ2) is 14.4. The van der Waals surface area contributed by atoms with Gasteiger partial charge in [-0.05, 0) is 24.6 Å². The van der Waals surface area contributed by atoms with Gasteiger partial charge in [-0.25, -0.2) is 13.2 Å². The average Bonchev–Trinajstić information content (AvgIpc) is 2.89. The molecule has 0 atom stereocenters. The van der Waals surface area contributed by atoms with Gasteiger partial charge < -0.3 is 20.6 Å². The van der Waals surface area contributed by atoms with Gasteiger partial charge in [0.05, 0.1) is 39.9 Å². The zero-order valence-corrected chi connectivity index (χ0v) is 24.3. The molecule has 0 saturated carbocycles. The number of nitrogens with zero attached hydrogens (tertiary/aromatic N) is 1. The minimum Gasteiger partial charge on any atom is -0.505 e. The van der Waals surface area contributed by atoms with Gasteiger partial charge in [-0.3, -0.25) is 9.52 Å². The van der Waals surface area contributed by atoms with Crippen molar-refractivity contribution in [2.24, 2.45) is 0 Å². The molecule has 9 nitrogen and oxygen atoms in total. The van der Waals surface area contributed by atoms with E-state index in [0.717, 1.165) is 19.3 Å². The van der Waals surface area contributed by atoms with Crippen molar-refractivity contribution in [2.75, 3.05) is 28.2 Å². The predicted molar refractivity (Wildman–Crippen MR) is 157 cm³/mol. The lowest BCUT2D eigenvalue weighted by Gasteiger charge is -2.28. The van der Waals surface area contributed by atoms with Crippen LogP contribution >= 0.6 is 11.6 Å². The number of urea groups is 1. The first-order chi connectivity index (χ1) is 18.6. The fraction of sp³-hybridized carbons (Fsp3) is 0.500. The Kier molecular flexibility index (Phi) is 11.3. The van der Waals surface area contributed by atoms with Crippen LogP contribution in [-0.4, -0.2) is 43.2 Å². The number of benzene rings is 2. The number of amides is 3. The minimum absolute atomic E-state index is 0.0279. The second-order valence-electron chi connectivity index (χ2n) is 10.00. The van der Waals surface area contributed by atoms with Gasteiger partial charge >= 0.3 is 6.03 Å². The van der Waals surface area contributed by atoms with Crippen molar-refractivity contribution in [2.45, 2.75) is 77.7 Å². The van der Waals surface area contributed by atoms with E-state index in [9.17, 15) is 23.1 Å². The predicted octanol–water partition coefficient (Wildman–Crippen LogP) is 6.94. The van der Waals surface area contributed by atoms with Gasteiger partial charge in [0.15, 0.2) is 0 Å². The Hall–Kier alpha value is -2.98. The molecule has 0 aliphatic carbocycles. The molecule has 4 N–H and O–H groups in total. The van der Waals surface area contributed by atoms with Crippen LogP contribution in [-0.2, 0) is 16.6 Å². The number of halogens is 1. The van der Waals surface area contributed by atoms with E-state index in [-0.39, 0.29) is 51.7 Å². The number of fused-ring (bicyclic) bond motifs is 1. The highest BCUT2D eigenvalue weighted by molar-refractivity contribution is 7.92. The Bertz CT molecular complexity index is 1270. The number of aromatic hydroxyl groups is 1. The molecule has 1 heterocycles. The summed E-state index contributed by atoms with van der Waals surface area (Å²) in [5.74, 6) is -0.875. The topological polar surface area (TPSA) is 128 Å². The van der Waals surface area contributed by atoms with Gasteiger partial charge in [-0.1, -0.05) is 88.4 Å². The van der Waals surface area contributed by atoms with Crippen molar-refractivity contribution in [3.8, 4) is 5.75 Å². The van der Waals surface area contributed by atoms with E-state index in [1.807, 2.05) is 0 Å². The highest BCUT2D eigenvalue weighted by atomic mass is 35.5. The van der Waals surface area contributed by atoms with E-state index in [1.54, 1.807) is 19.2 Å². The molecule has 1 aliphatic heterocycles. The van der Waals surface area contributed by atoms with E-state index < -0.39 is 15.9 Å². The lowest BCUT2D eigenvalue weighted by Crippen LogP contribution is -2.35. The second-order valence-corrected chi connectivity index (χ2v) is 12.2. The summed E-state index contributed by atoms with van der Waals surface area (Å²) >= 11 is 6.31. The largest absolute Gasteiger partial charge is 0.505 e. The molecular formula is C28H39ClN4O5S. The first kappa shape index (κ1) is 30.6. The average molecular weight is 579 g/mol. The van der Waals surface area contributed by atoms with Crippen molar-refractivity contribution in [3.63, 3.8) is 0 Å². The molecule has 2 aromatic carbocycles.